The fourth-order valence-electron chi connectivity index (χ4n) is 1.73. The van der Waals surface area contributed by atoms with Crippen LogP contribution in [0.1, 0.15) is 5.56 Å². The lowest BCUT2D eigenvalue weighted by Crippen LogP contribution is -2.15. The van der Waals surface area contributed by atoms with Gasteiger partial charge in [0.1, 0.15) is 0 Å². The van der Waals surface area contributed by atoms with E-state index in [0.29, 0.717) is 11.3 Å². The van der Waals surface area contributed by atoms with Gasteiger partial charge in [-0.15, -0.1) is 0 Å². The standard InChI is InChI=1S/C13H14N2O4S2/c1-10-9-12(20(14,16)17)7-8-13(10)15-21(18,19)11-5-3-2-4-6-11/h2-9,15H,1H3,(H2,14,16,17). The normalized spacial score (nSPS) is 12.1. The van der Waals surface area contributed by atoms with Crippen molar-refractivity contribution in [2.75, 3.05) is 4.72 Å². The number of hydrogen-bond acceptors (Lipinski definition) is 4. The van der Waals surface area contributed by atoms with E-state index in [-0.39, 0.29) is 9.79 Å². The molecular weight excluding hydrogens is 312 g/mol. The van der Waals surface area contributed by atoms with Gasteiger partial charge in [-0.25, -0.2) is 22.0 Å². The zero-order valence-electron chi connectivity index (χ0n) is 11.1. The van der Waals surface area contributed by atoms with E-state index in [9.17, 15) is 16.8 Å². The smallest absolute Gasteiger partial charge is 0.261 e. The number of benzene rings is 2. The van der Waals surface area contributed by atoms with Crippen LogP contribution in [0.2, 0.25) is 0 Å². The Morgan fingerprint density at radius 1 is 0.905 bits per heavy atom. The molecule has 0 fully saturated rings. The van der Waals surface area contributed by atoms with Gasteiger partial charge in [-0.2, -0.15) is 0 Å². The van der Waals surface area contributed by atoms with E-state index in [0.717, 1.165) is 0 Å². The molecule has 0 aliphatic carbocycles. The Labute approximate surface area is 123 Å². The van der Waals surface area contributed by atoms with Gasteiger partial charge in [0.05, 0.1) is 15.5 Å². The first-order valence-corrected chi connectivity index (χ1v) is 8.94. The topological polar surface area (TPSA) is 106 Å². The van der Waals surface area contributed by atoms with Crippen molar-refractivity contribution in [3.63, 3.8) is 0 Å². The second kappa shape index (κ2) is 5.47. The van der Waals surface area contributed by atoms with Crippen LogP contribution >= 0.6 is 0 Å². The van der Waals surface area contributed by atoms with E-state index in [1.807, 2.05) is 0 Å². The van der Waals surface area contributed by atoms with Gasteiger partial charge in [-0.05, 0) is 42.8 Å². The van der Waals surface area contributed by atoms with E-state index in [4.69, 9.17) is 5.14 Å². The molecule has 0 spiro atoms. The summed E-state index contributed by atoms with van der Waals surface area (Å²) in [4.78, 5) is 0.0579. The monoisotopic (exact) mass is 326 g/mol. The molecule has 0 radical (unpaired) electrons. The Balaban J connectivity index is 2.37. The Kier molecular flexibility index (Phi) is 4.04. The maximum absolute atomic E-state index is 12.2. The molecule has 0 heterocycles. The third kappa shape index (κ3) is 3.60. The SMILES string of the molecule is Cc1cc(S(N)(=O)=O)ccc1NS(=O)(=O)c1ccccc1. The second-order valence-electron chi connectivity index (χ2n) is 4.44. The summed E-state index contributed by atoms with van der Waals surface area (Å²) >= 11 is 0. The number of primary sulfonamides is 1. The van der Waals surface area contributed by atoms with Crippen LogP contribution in [-0.2, 0) is 20.0 Å². The van der Waals surface area contributed by atoms with Gasteiger partial charge in [0, 0.05) is 0 Å². The van der Waals surface area contributed by atoms with Crippen molar-refractivity contribution in [1.29, 1.82) is 0 Å². The van der Waals surface area contributed by atoms with Gasteiger partial charge in [0.2, 0.25) is 10.0 Å². The summed E-state index contributed by atoms with van der Waals surface area (Å²) in [5, 5.41) is 5.03. The Morgan fingerprint density at radius 3 is 2.05 bits per heavy atom. The minimum atomic E-state index is -3.82. The predicted molar refractivity (Wildman–Crippen MR) is 79.8 cm³/mol. The molecule has 0 bridgehead atoms. The summed E-state index contributed by atoms with van der Waals surface area (Å²) < 4.78 is 49.3. The first-order valence-electron chi connectivity index (χ1n) is 5.91. The lowest BCUT2D eigenvalue weighted by molar-refractivity contribution is 0.597. The molecule has 112 valence electrons. The lowest BCUT2D eigenvalue weighted by atomic mass is 10.2. The van der Waals surface area contributed by atoms with Crippen molar-refractivity contribution < 1.29 is 16.8 Å². The van der Waals surface area contributed by atoms with Gasteiger partial charge in [-0.1, -0.05) is 18.2 Å². The molecule has 0 atom stereocenters. The van der Waals surface area contributed by atoms with Crippen molar-refractivity contribution in [2.45, 2.75) is 16.7 Å². The minimum absolute atomic E-state index is 0.0670. The largest absolute Gasteiger partial charge is 0.279 e. The third-order valence-electron chi connectivity index (χ3n) is 2.82. The third-order valence-corrected chi connectivity index (χ3v) is 5.12. The van der Waals surface area contributed by atoms with E-state index in [1.165, 1.54) is 30.3 Å². The van der Waals surface area contributed by atoms with Crippen molar-refractivity contribution >= 4 is 25.7 Å². The first kappa shape index (κ1) is 15.5. The molecule has 2 rings (SSSR count). The highest BCUT2D eigenvalue weighted by Crippen LogP contribution is 2.22. The van der Waals surface area contributed by atoms with Crippen LogP contribution in [0, 0.1) is 6.92 Å². The fourth-order valence-corrected chi connectivity index (χ4v) is 3.48. The van der Waals surface area contributed by atoms with E-state index >= 15 is 0 Å². The zero-order chi connectivity index (χ0) is 15.7. The molecule has 0 aliphatic rings. The Morgan fingerprint density at radius 2 is 1.52 bits per heavy atom. The molecule has 0 unspecified atom stereocenters. The molecule has 8 heteroatoms. The summed E-state index contributed by atoms with van der Waals surface area (Å²) in [6.45, 7) is 1.59. The highest BCUT2D eigenvalue weighted by atomic mass is 32.2. The average molecular weight is 326 g/mol. The molecule has 21 heavy (non-hydrogen) atoms. The lowest BCUT2D eigenvalue weighted by Gasteiger charge is -2.11. The summed E-state index contributed by atoms with van der Waals surface area (Å²) in [5.74, 6) is 0. The van der Waals surface area contributed by atoms with Crippen LogP contribution in [0.4, 0.5) is 5.69 Å². The molecule has 2 aromatic carbocycles. The zero-order valence-corrected chi connectivity index (χ0v) is 12.8. The summed E-state index contributed by atoms with van der Waals surface area (Å²) in [5.41, 5.74) is 0.757. The number of hydrogen-bond donors (Lipinski definition) is 2. The van der Waals surface area contributed by atoms with Crippen LogP contribution in [0.25, 0.3) is 0 Å². The number of aryl methyl sites for hydroxylation is 1. The van der Waals surface area contributed by atoms with Crippen LogP contribution < -0.4 is 9.86 Å². The molecular formula is C13H14N2O4S2. The maximum Gasteiger partial charge on any atom is 0.261 e. The van der Waals surface area contributed by atoms with Crippen molar-refractivity contribution in [3.05, 3.63) is 54.1 Å². The van der Waals surface area contributed by atoms with Crippen LogP contribution in [-0.4, -0.2) is 16.8 Å². The highest BCUT2D eigenvalue weighted by molar-refractivity contribution is 7.92. The number of rotatable bonds is 4. The molecule has 0 saturated carbocycles. The average Bonchev–Trinajstić information content (AvgIpc) is 2.41. The van der Waals surface area contributed by atoms with E-state index in [2.05, 4.69) is 4.72 Å². The van der Waals surface area contributed by atoms with Crippen LogP contribution in [0.5, 0.6) is 0 Å². The number of nitrogens with two attached hydrogens (primary N) is 1. The highest BCUT2D eigenvalue weighted by Gasteiger charge is 2.16. The van der Waals surface area contributed by atoms with Gasteiger partial charge >= 0.3 is 0 Å². The molecule has 3 N–H and O–H groups in total. The Bertz CT molecular complexity index is 860. The van der Waals surface area contributed by atoms with Crippen LogP contribution in [0.15, 0.2) is 58.3 Å². The predicted octanol–water partition coefficient (Wildman–Crippen LogP) is 1.44. The van der Waals surface area contributed by atoms with Crippen molar-refractivity contribution in [2.24, 2.45) is 5.14 Å². The van der Waals surface area contributed by atoms with Gasteiger partial charge in [0.25, 0.3) is 10.0 Å². The number of anilines is 1. The summed E-state index contributed by atoms with van der Waals surface area (Å²) in [6.07, 6.45) is 0. The molecule has 2 aromatic rings. The second-order valence-corrected chi connectivity index (χ2v) is 7.68. The first-order chi connectivity index (χ1) is 9.70. The van der Waals surface area contributed by atoms with Crippen LogP contribution in [0.3, 0.4) is 0 Å². The molecule has 0 aromatic heterocycles. The summed E-state index contributed by atoms with van der Waals surface area (Å²) in [6, 6.07) is 11.8. The molecule has 0 amide bonds. The maximum atomic E-state index is 12.2. The van der Waals surface area contributed by atoms with E-state index < -0.39 is 20.0 Å². The van der Waals surface area contributed by atoms with Gasteiger partial charge in [-0.3, -0.25) is 4.72 Å². The quantitative estimate of drug-likeness (QED) is 0.886. The number of nitrogens with one attached hydrogen (secondary N) is 1. The molecule has 6 nitrogen and oxygen atoms in total. The van der Waals surface area contributed by atoms with Crippen molar-refractivity contribution in [3.8, 4) is 0 Å². The van der Waals surface area contributed by atoms with E-state index in [1.54, 1.807) is 25.1 Å². The fraction of sp³-hybridized carbons (Fsp3) is 0.0769. The molecule has 0 aliphatic heterocycles. The number of sulfonamides is 2. The summed E-state index contributed by atoms with van der Waals surface area (Å²) in [7, 11) is -7.53. The van der Waals surface area contributed by atoms with Gasteiger partial charge in [0.15, 0.2) is 0 Å². The molecule has 0 saturated heterocycles. The minimum Gasteiger partial charge on any atom is -0.279 e. The van der Waals surface area contributed by atoms with Crippen molar-refractivity contribution in [1.82, 2.24) is 0 Å². The van der Waals surface area contributed by atoms with Gasteiger partial charge < -0.3 is 0 Å². The Hall–Kier alpha value is -1.90.